The van der Waals surface area contributed by atoms with Gasteiger partial charge in [-0.2, -0.15) is 11.8 Å². The highest BCUT2D eigenvalue weighted by atomic mass is 32.2. The summed E-state index contributed by atoms with van der Waals surface area (Å²) in [6.07, 6.45) is 2.43. The maximum absolute atomic E-state index is 12.9. The average Bonchev–Trinajstić information content (AvgIpc) is 2.65. The first-order valence-electron chi connectivity index (χ1n) is 8.77. The van der Waals surface area contributed by atoms with Crippen molar-refractivity contribution in [3.63, 3.8) is 0 Å². The van der Waals surface area contributed by atoms with E-state index in [-0.39, 0.29) is 18.9 Å². The number of carboxylic acid groups (broad SMARTS) is 1. The SMILES string of the molecule is CSCCC(CC(=O)O)NC(=O)c1ccc(CO)cc1-c1ccccc1C. The first-order valence-corrected chi connectivity index (χ1v) is 10.2. The molecule has 0 heterocycles. The predicted octanol–water partition coefficient (Wildman–Crippen LogP) is 3.48. The quantitative estimate of drug-likeness (QED) is 0.613. The van der Waals surface area contributed by atoms with Gasteiger partial charge < -0.3 is 15.5 Å². The summed E-state index contributed by atoms with van der Waals surface area (Å²) in [7, 11) is 0. The number of carbonyl (C=O) groups is 2. The third-order valence-corrected chi connectivity index (χ3v) is 5.02. The fourth-order valence-corrected chi connectivity index (χ4v) is 3.47. The Morgan fingerprint density at radius 3 is 2.52 bits per heavy atom. The molecule has 27 heavy (non-hydrogen) atoms. The summed E-state index contributed by atoms with van der Waals surface area (Å²) < 4.78 is 0. The molecule has 3 N–H and O–H groups in total. The van der Waals surface area contributed by atoms with Crippen LogP contribution in [0, 0.1) is 6.92 Å². The van der Waals surface area contributed by atoms with Crippen molar-refractivity contribution in [3.8, 4) is 11.1 Å². The molecule has 0 aliphatic heterocycles. The molecule has 1 amide bonds. The number of aliphatic hydroxyl groups excluding tert-OH is 1. The van der Waals surface area contributed by atoms with Gasteiger partial charge in [-0.1, -0.05) is 30.3 Å². The third kappa shape index (κ3) is 5.84. The maximum atomic E-state index is 12.9. The van der Waals surface area contributed by atoms with Gasteiger partial charge in [-0.25, -0.2) is 0 Å². The van der Waals surface area contributed by atoms with E-state index in [2.05, 4.69) is 5.32 Å². The molecule has 1 atom stereocenters. The number of hydrogen-bond acceptors (Lipinski definition) is 4. The third-order valence-electron chi connectivity index (χ3n) is 4.37. The van der Waals surface area contributed by atoms with Crippen molar-refractivity contribution in [2.24, 2.45) is 0 Å². The number of amides is 1. The Bertz CT molecular complexity index is 807. The molecule has 0 saturated carbocycles. The summed E-state index contributed by atoms with van der Waals surface area (Å²) in [5.74, 6) is -0.465. The Kier molecular flexibility index (Phi) is 7.88. The molecule has 2 aromatic carbocycles. The predicted molar refractivity (Wildman–Crippen MR) is 109 cm³/mol. The van der Waals surface area contributed by atoms with E-state index >= 15 is 0 Å². The number of carbonyl (C=O) groups excluding carboxylic acids is 1. The van der Waals surface area contributed by atoms with Crippen molar-refractivity contribution in [3.05, 3.63) is 59.2 Å². The van der Waals surface area contributed by atoms with Crippen molar-refractivity contribution >= 4 is 23.6 Å². The van der Waals surface area contributed by atoms with Crippen LogP contribution in [0.5, 0.6) is 0 Å². The van der Waals surface area contributed by atoms with E-state index < -0.39 is 12.0 Å². The molecule has 6 heteroatoms. The normalized spacial score (nSPS) is 11.8. The van der Waals surface area contributed by atoms with Gasteiger partial charge in [0.25, 0.3) is 5.91 Å². The van der Waals surface area contributed by atoms with E-state index in [1.165, 1.54) is 0 Å². The topological polar surface area (TPSA) is 86.6 Å². The second-order valence-corrected chi connectivity index (χ2v) is 7.39. The molecule has 0 saturated heterocycles. The number of thioether (sulfide) groups is 1. The van der Waals surface area contributed by atoms with Crippen molar-refractivity contribution in [2.75, 3.05) is 12.0 Å². The zero-order valence-corrected chi connectivity index (χ0v) is 16.4. The molecule has 5 nitrogen and oxygen atoms in total. The molecule has 1 unspecified atom stereocenters. The second-order valence-electron chi connectivity index (χ2n) is 6.40. The summed E-state index contributed by atoms with van der Waals surface area (Å²) in [6.45, 7) is 1.85. The van der Waals surface area contributed by atoms with Gasteiger partial charge in [0.1, 0.15) is 0 Å². The van der Waals surface area contributed by atoms with Crippen LogP contribution in [0.3, 0.4) is 0 Å². The first-order chi connectivity index (χ1) is 13.0. The highest BCUT2D eigenvalue weighted by Crippen LogP contribution is 2.28. The summed E-state index contributed by atoms with van der Waals surface area (Å²) >= 11 is 1.61. The van der Waals surface area contributed by atoms with Gasteiger partial charge in [0.05, 0.1) is 13.0 Å². The molecule has 0 radical (unpaired) electrons. The number of rotatable bonds is 9. The van der Waals surface area contributed by atoms with Crippen LogP contribution in [-0.4, -0.2) is 40.1 Å². The minimum absolute atomic E-state index is 0.110. The van der Waals surface area contributed by atoms with Gasteiger partial charge >= 0.3 is 5.97 Å². The Balaban J connectivity index is 2.37. The molecule has 0 aromatic heterocycles. The van der Waals surface area contributed by atoms with Gasteiger partial charge in [0.15, 0.2) is 0 Å². The number of aryl methyl sites for hydroxylation is 1. The van der Waals surface area contributed by atoms with Crippen LogP contribution in [0.1, 0.15) is 34.3 Å². The van der Waals surface area contributed by atoms with Crippen LogP contribution in [0.25, 0.3) is 11.1 Å². The van der Waals surface area contributed by atoms with Crippen LogP contribution < -0.4 is 5.32 Å². The van der Waals surface area contributed by atoms with Gasteiger partial charge in [0, 0.05) is 11.6 Å². The molecule has 0 aliphatic carbocycles. The van der Waals surface area contributed by atoms with E-state index in [1.54, 1.807) is 23.9 Å². The average molecular weight is 388 g/mol. The summed E-state index contributed by atoms with van der Waals surface area (Å²) in [5, 5.41) is 21.5. The monoisotopic (exact) mass is 387 g/mol. The Morgan fingerprint density at radius 2 is 1.89 bits per heavy atom. The molecule has 144 valence electrons. The van der Waals surface area contributed by atoms with Crippen LogP contribution in [0.15, 0.2) is 42.5 Å². The Labute approximate surface area is 163 Å². The molecular weight excluding hydrogens is 362 g/mol. The molecule has 2 aromatic rings. The lowest BCUT2D eigenvalue weighted by atomic mass is 9.93. The van der Waals surface area contributed by atoms with Crippen LogP contribution in [-0.2, 0) is 11.4 Å². The van der Waals surface area contributed by atoms with Gasteiger partial charge in [-0.15, -0.1) is 0 Å². The maximum Gasteiger partial charge on any atom is 0.305 e. The smallest absolute Gasteiger partial charge is 0.305 e. The number of aliphatic carboxylic acids is 1. The minimum atomic E-state index is -0.934. The lowest BCUT2D eigenvalue weighted by Crippen LogP contribution is -2.37. The van der Waals surface area contributed by atoms with E-state index in [0.717, 1.165) is 22.4 Å². The molecular formula is C21H25NO4S. The first kappa shape index (κ1) is 21.0. The molecule has 0 spiro atoms. The van der Waals surface area contributed by atoms with Crippen molar-refractivity contribution in [1.82, 2.24) is 5.32 Å². The second kappa shape index (κ2) is 10.1. The summed E-state index contributed by atoms with van der Waals surface area (Å²) in [4.78, 5) is 24.1. The van der Waals surface area contributed by atoms with Crippen LogP contribution in [0.4, 0.5) is 0 Å². The largest absolute Gasteiger partial charge is 0.481 e. The molecule has 0 bridgehead atoms. The standard InChI is InChI=1S/C21H25NO4S/c1-14-5-3-4-6-17(14)19-11-15(13-23)7-8-18(19)21(26)22-16(9-10-27-2)12-20(24)25/h3-8,11,16,23H,9-10,12-13H2,1-2H3,(H,22,26)(H,24,25). The summed E-state index contributed by atoms with van der Waals surface area (Å²) in [6, 6.07) is 12.5. The number of hydrogen-bond donors (Lipinski definition) is 3. The highest BCUT2D eigenvalue weighted by Gasteiger charge is 2.20. The van der Waals surface area contributed by atoms with Crippen molar-refractivity contribution in [2.45, 2.75) is 32.4 Å². The van der Waals surface area contributed by atoms with Gasteiger partial charge in [-0.3, -0.25) is 9.59 Å². The Morgan fingerprint density at radius 1 is 1.15 bits per heavy atom. The molecule has 2 rings (SSSR count). The van der Waals surface area contributed by atoms with Crippen LogP contribution in [0.2, 0.25) is 0 Å². The van der Waals surface area contributed by atoms with Crippen LogP contribution >= 0.6 is 11.8 Å². The lowest BCUT2D eigenvalue weighted by molar-refractivity contribution is -0.137. The van der Waals surface area contributed by atoms with Gasteiger partial charge in [-0.05, 0) is 59.7 Å². The van der Waals surface area contributed by atoms with E-state index in [9.17, 15) is 14.7 Å². The van der Waals surface area contributed by atoms with E-state index in [4.69, 9.17) is 5.11 Å². The highest BCUT2D eigenvalue weighted by molar-refractivity contribution is 7.98. The van der Waals surface area contributed by atoms with E-state index in [1.807, 2.05) is 43.5 Å². The number of benzene rings is 2. The zero-order chi connectivity index (χ0) is 19.8. The van der Waals surface area contributed by atoms with E-state index in [0.29, 0.717) is 17.5 Å². The van der Waals surface area contributed by atoms with Crippen molar-refractivity contribution in [1.29, 1.82) is 0 Å². The molecule has 0 aliphatic rings. The molecule has 0 fully saturated rings. The van der Waals surface area contributed by atoms with Gasteiger partial charge in [0.2, 0.25) is 0 Å². The van der Waals surface area contributed by atoms with Crippen molar-refractivity contribution < 1.29 is 19.8 Å². The minimum Gasteiger partial charge on any atom is -0.481 e. The Hall–Kier alpha value is -2.31. The zero-order valence-electron chi connectivity index (χ0n) is 15.6. The number of nitrogens with one attached hydrogen (secondary N) is 1. The summed E-state index contributed by atoms with van der Waals surface area (Å²) in [5.41, 5.74) is 3.86. The lowest BCUT2D eigenvalue weighted by Gasteiger charge is -2.19. The fraction of sp³-hybridized carbons (Fsp3) is 0.333. The number of aliphatic hydroxyl groups is 1. The number of carboxylic acids is 1. The fourth-order valence-electron chi connectivity index (χ4n) is 2.94.